The number of rotatable bonds is 1. The molecular weight excluding hydrogens is 536 g/mol. The minimum atomic E-state index is -1.00. The predicted molar refractivity (Wildman–Crippen MR) is 170 cm³/mol. The van der Waals surface area contributed by atoms with Gasteiger partial charge in [0.25, 0.3) is 0 Å². The number of fused-ring (bicyclic) bond motifs is 5. The van der Waals surface area contributed by atoms with Crippen LogP contribution in [-0.2, 0) is 4.79 Å². The number of carbonyl (C=O) groups is 1. The molecule has 7 nitrogen and oxygen atoms in total. The lowest BCUT2D eigenvalue weighted by Crippen LogP contribution is -2.65. The second-order valence-electron chi connectivity index (χ2n) is 14.1. The third-order valence-corrected chi connectivity index (χ3v) is 11.5. The van der Waals surface area contributed by atoms with Gasteiger partial charge in [0.05, 0.1) is 16.8 Å². The van der Waals surface area contributed by atoms with E-state index in [0.717, 1.165) is 92.2 Å². The molecule has 1 unspecified atom stereocenters. The van der Waals surface area contributed by atoms with Gasteiger partial charge in [0.15, 0.2) is 0 Å². The van der Waals surface area contributed by atoms with Crippen molar-refractivity contribution in [3.05, 3.63) is 54.4 Å². The molecular formula is C36H44N4O3. The molecule has 7 heteroatoms. The van der Waals surface area contributed by atoms with Crippen molar-refractivity contribution >= 4 is 33.2 Å². The van der Waals surface area contributed by atoms with E-state index in [1.807, 2.05) is 24.4 Å². The van der Waals surface area contributed by atoms with Gasteiger partial charge in [0, 0.05) is 59.4 Å². The van der Waals surface area contributed by atoms with Crippen molar-refractivity contribution in [2.45, 2.75) is 88.3 Å². The van der Waals surface area contributed by atoms with Gasteiger partial charge >= 0.3 is 0 Å². The number of hydrogen-bond acceptors (Lipinski definition) is 6. The standard InChI is InChI=1S/C36H44N4O3/c41-25-8-7-18-40-24(9-10-25)21-35-23-39-17-6-4-2-1-3-5-15-36(43,34(35)40)22-29(30(35)14-19-39)32-33-27(13-16-37-32)28-20-26(42)11-12-31(28)38-33/h1,3,11-13,16,20,22,24,30,34,38,42-43H,2,4-10,14-15,17-19,21,23H2/t24-,30-,34+,35-,36-/m0/s1. The molecule has 3 saturated heterocycles. The van der Waals surface area contributed by atoms with Crippen LogP contribution in [0.5, 0.6) is 5.75 Å². The van der Waals surface area contributed by atoms with Crippen LogP contribution in [0.25, 0.3) is 27.4 Å². The number of allylic oxidation sites excluding steroid dienone is 3. The third-order valence-electron chi connectivity index (χ3n) is 11.5. The van der Waals surface area contributed by atoms with Crippen LogP contribution in [0.3, 0.4) is 0 Å². The van der Waals surface area contributed by atoms with Crippen LogP contribution in [0.4, 0.5) is 0 Å². The number of aliphatic hydroxyl groups is 1. The molecule has 6 atom stereocenters. The highest BCUT2D eigenvalue weighted by molar-refractivity contribution is 6.10. The predicted octanol–water partition coefficient (Wildman–Crippen LogP) is 5.96. The van der Waals surface area contributed by atoms with E-state index in [1.54, 1.807) is 6.07 Å². The summed E-state index contributed by atoms with van der Waals surface area (Å²) < 4.78 is 0. The minimum Gasteiger partial charge on any atom is -0.508 e. The molecule has 3 N–H and O–H groups in total. The number of pyridine rings is 1. The fourth-order valence-corrected chi connectivity index (χ4v) is 9.90. The van der Waals surface area contributed by atoms with E-state index in [4.69, 9.17) is 4.98 Å². The lowest BCUT2D eigenvalue weighted by molar-refractivity contribution is -0.120. The number of ketones is 1. The van der Waals surface area contributed by atoms with Gasteiger partial charge < -0.3 is 20.1 Å². The summed E-state index contributed by atoms with van der Waals surface area (Å²) in [6.45, 7) is 4.04. The molecule has 0 amide bonds. The highest BCUT2D eigenvalue weighted by Gasteiger charge is 2.66. The normalized spacial score (nSPS) is 35.4. The molecule has 3 bridgehead atoms. The van der Waals surface area contributed by atoms with Crippen molar-refractivity contribution in [1.29, 1.82) is 0 Å². The third kappa shape index (κ3) is 4.49. The zero-order valence-electron chi connectivity index (χ0n) is 25.1. The summed E-state index contributed by atoms with van der Waals surface area (Å²) in [5.41, 5.74) is 2.98. The molecule has 4 aliphatic heterocycles. The van der Waals surface area contributed by atoms with Gasteiger partial charge in [-0.1, -0.05) is 12.2 Å². The van der Waals surface area contributed by atoms with Gasteiger partial charge in [-0.05, 0) is 119 Å². The highest BCUT2D eigenvalue weighted by Crippen LogP contribution is 2.62. The van der Waals surface area contributed by atoms with Gasteiger partial charge in [0.2, 0.25) is 0 Å². The largest absolute Gasteiger partial charge is 0.508 e. The average Bonchev–Trinajstić information content (AvgIpc) is 3.51. The number of aromatic hydroxyl groups is 1. The van der Waals surface area contributed by atoms with Crippen molar-refractivity contribution < 1.29 is 15.0 Å². The number of H-pyrrole nitrogens is 1. The number of nitrogens with one attached hydrogen (secondary N) is 1. The minimum absolute atomic E-state index is 0.0303. The van der Waals surface area contributed by atoms with E-state index in [1.165, 1.54) is 18.4 Å². The number of phenolic OH excluding ortho intramolecular Hbond substituents is 1. The second kappa shape index (κ2) is 10.6. The van der Waals surface area contributed by atoms with Crippen LogP contribution < -0.4 is 0 Å². The first-order valence-corrected chi connectivity index (χ1v) is 16.6. The van der Waals surface area contributed by atoms with E-state index in [2.05, 4.69) is 33.0 Å². The molecule has 2 aromatic heterocycles. The fraction of sp³-hybridized carbons (Fsp3) is 0.556. The maximum atomic E-state index is 13.1. The molecule has 0 radical (unpaired) electrons. The molecule has 3 aromatic rings. The molecule has 5 aliphatic rings. The van der Waals surface area contributed by atoms with Crippen molar-refractivity contribution in [2.75, 3.05) is 26.2 Å². The Labute approximate surface area is 253 Å². The van der Waals surface area contributed by atoms with E-state index >= 15 is 0 Å². The summed E-state index contributed by atoms with van der Waals surface area (Å²) in [6.07, 6.45) is 18.9. The number of phenols is 1. The topological polar surface area (TPSA) is 92.7 Å². The first-order valence-electron chi connectivity index (χ1n) is 16.6. The molecule has 0 saturated carbocycles. The summed E-state index contributed by atoms with van der Waals surface area (Å²) >= 11 is 0. The van der Waals surface area contributed by atoms with Crippen LogP contribution in [0.1, 0.15) is 76.3 Å². The zero-order chi connectivity index (χ0) is 29.2. The maximum Gasteiger partial charge on any atom is 0.133 e. The fourth-order valence-electron chi connectivity index (χ4n) is 9.90. The molecule has 1 aromatic carbocycles. The summed E-state index contributed by atoms with van der Waals surface area (Å²) in [7, 11) is 0. The number of hydrogen-bond donors (Lipinski definition) is 3. The lowest BCUT2D eigenvalue weighted by atomic mass is 9.54. The number of carbonyl (C=O) groups excluding carboxylic acids is 1. The molecule has 43 heavy (non-hydrogen) atoms. The Bertz CT molecular complexity index is 1630. The average molecular weight is 581 g/mol. The SMILES string of the molecule is O=C1CCCN2[C@@H](CC1)C[C@]13CN4CCCCC=CCC[C@](O)(C=C(c5nccc6c5[nH]c5ccc(O)cc56)[C@@H]1CC4)[C@H]23. The molecule has 226 valence electrons. The van der Waals surface area contributed by atoms with Crippen LogP contribution in [-0.4, -0.2) is 79.6 Å². The van der Waals surface area contributed by atoms with Gasteiger partial charge in [0.1, 0.15) is 11.5 Å². The van der Waals surface area contributed by atoms with Gasteiger partial charge in [-0.25, -0.2) is 0 Å². The first kappa shape index (κ1) is 27.5. The Balaban J connectivity index is 1.33. The molecule has 6 heterocycles. The monoisotopic (exact) mass is 580 g/mol. The second-order valence-corrected chi connectivity index (χ2v) is 14.1. The van der Waals surface area contributed by atoms with Gasteiger partial charge in [-0.3, -0.25) is 14.7 Å². The van der Waals surface area contributed by atoms with Crippen molar-refractivity contribution in [3.8, 4) is 5.75 Å². The number of Topliss-reactive ketones (excluding diaryl/α,β-unsaturated/α-hetero) is 1. The number of piperidine rings is 1. The molecule has 8 rings (SSSR count). The highest BCUT2D eigenvalue weighted by atomic mass is 16.3. The maximum absolute atomic E-state index is 13.1. The van der Waals surface area contributed by atoms with E-state index in [-0.39, 0.29) is 23.1 Å². The Morgan fingerprint density at radius 1 is 0.977 bits per heavy atom. The van der Waals surface area contributed by atoms with Crippen LogP contribution in [0.2, 0.25) is 0 Å². The van der Waals surface area contributed by atoms with Crippen LogP contribution in [0.15, 0.2) is 48.7 Å². The van der Waals surface area contributed by atoms with Crippen molar-refractivity contribution in [2.24, 2.45) is 11.3 Å². The summed E-state index contributed by atoms with van der Waals surface area (Å²) in [5.74, 6) is 0.929. The smallest absolute Gasteiger partial charge is 0.133 e. The zero-order valence-corrected chi connectivity index (χ0v) is 25.1. The van der Waals surface area contributed by atoms with Gasteiger partial charge in [-0.2, -0.15) is 0 Å². The summed E-state index contributed by atoms with van der Waals surface area (Å²) in [4.78, 5) is 26.7. The van der Waals surface area contributed by atoms with E-state index < -0.39 is 5.60 Å². The van der Waals surface area contributed by atoms with Crippen molar-refractivity contribution in [1.82, 2.24) is 19.8 Å². The number of nitrogens with zero attached hydrogens (tertiary/aromatic N) is 3. The Morgan fingerprint density at radius 3 is 2.81 bits per heavy atom. The summed E-state index contributed by atoms with van der Waals surface area (Å²) in [5, 5.41) is 25.4. The number of benzene rings is 1. The molecule has 1 aliphatic carbocycles. The Kier molecular flexibility index (Phi) is 6.77. The Hall–Kier alpha value is -3.00. The molecule has 3 fully saturated rings. The lowest BCUT2D eigenvalue weighted by Gasteiger charge is -2.58. The number of aromatic nitrogens is 2. The van der Waals surface area contributed by atoms with Gasteiger partial charge in [-0.15, -0.1) is 0 Å². The van der Waals surface area contributed by atoms with Crippen molar-refractivity contribution in [3.63, 3.8) is 0 Å². The van der Waals surface area contributed by atoms with E-state index in [0.29, 0.717) is 31.1 Å². The quantitative estimate of drug-likeness (QED) is 0.308. The Morgan fingerprint density at radius 2 is 1.88 bits per heavy atom. The van der Waals surface area contributed by atoms with Crippen LogP contribution >= 0.6 is 0 Å². The number of aromatic amines is 1. The summed E-state index contributed by atoms with van der Waals surface area (Å²) in [6, 6.07) is 7.88. The first-order chi connectivity index (χ1) is 21.0. The molecule has 1 spiro atoms. The van der Waals surface area contributed by atoms with E-state index in [9.17, 15) is 15.0 Å². The van der Waals surface area contributed by atoms with Crippen LogP contribution in [0, 0.1) is 11.3 Å².